The van der Waals surface area contributed by atoms with Gasteiger partial charge in [-0.2, -0.15) is 0 Å². The van der Waals surface area contributed by atoms with Crippen LogP contribution in [-0.2, 0) is 14.3 Å². The third kappa shape index (κ3) is 6.09. The van der Waals surface area contributed by atoms with Gasteiger partial charge in [-0.3, -0.25) is 9.59 Å². The van der Waals surface area contributed by atoms with Crippen molar-refractivity contribution >= 4 is 17.9 Å². The molecule has 0 saturated carbocycles. The number of nitrogens with one attached hydrogen (secondary N) is 3. The Morgan fingerprint density at radius 2 is 1.40 bits per heavy atom. The van der Waals surface area contributed by atoms with Gasteiger partial charge in [0.05, 0.1) is 43.0 Å². The molecule has 3 fully saturated rings. The van der Waals surface area contributed by atoms with Gasteiger partial charge >= 0.3 is 6.09 Å². The van der Waals surface area contributed by atoms with Crippen molar-refractivity contribution in [3.8, 4) is 33.6 Å². The molecule has 3 N–H and O–H groups in total. The molecule has 3 saturated heterocycles. The number of benzene rings is 2. The van der Waals surface area contributed by atoms with Crippen molar-refractivity contribution in [3.63, 3.8) is 0 Å². The summed E-state index contributed by atoms with van der Waals surface area (Å²) in [5, 5.41) is 2.70. The van der Waals surface area contributed by atoms with Crippen LogP contribution in [0.5, 0.6) is 0 Å². The molecular weight excluding hydrogens is 606 g/mol. The molecule has 250 valence electrons. The summed E-state index contributed by atoms with van der Waals surface area (Å²) in [5.74, 6) is 1.67. The monoisotopic (exact) mass is 649 g/mol. The topological polar surface area (TPSA) is 136 Å². The van der Waals surface area contributed by atoms with Crippen LogP contribution >= 0.6 is 0 Å². The zero-order chi connectivity index (χ0) is 33.4. The van der Waals surface area contributed by atoms with Crippen LogP contribution in [0.1, 0.15) is 82.5 Å². The highest BCUT2D eigenvalue weighted by Crippen LogP contribution is 2.40. The van der Waals surface area contributed by atoms with Crippen LogP contribution < -0.4 is 5.32 Å². The van der Waals surface area contributed by atoms with Crippen LogP contribution in [0.3, 0.4) is 0 Å². The number of H-pyrrole nitrogens is 2. The van der Waals surface area contributed by atoms with E-state index in [1.165, 1.54) is 7.11 Å². The minimum absolute atomic E-state index is 0.0486. The first kappa shape index (κ1) is 31.7. The molecule has 11 heteroatoms. The van der Waals surface area contributed by atoms with Crippen LogP contribution in [0.25, 0.3) is 33.6 Å². The number of amides is 3. The summed E-state index contributed by atoms with van der Waals surface area (Å²) >= 11 is 0. The number of imidazole rings is 2. The van der Waals surface area contributed by atoms with E-state index >= 15 is 0 Å². The first-order valence-corrected chi connectivity index (χ1v) is 17.1. The summed E-state index contributed by atoms with van der Waals surface area (Å²) in [6.45, 7) is 4.43. The largest absolute Gasteiger partial charge is 0.453 e. The standard InChI is InChI=1S/C37H43N7O4/c1-22(2)33(42-37(47)48-3)36(46)43-19-5-7-30(43)34-38-20-28(40-34)25-13-9-23(10-14-25)24-11-15-26(16-12-24)29-21-39-35(41-29)31-18-17-27-6-4-8-32(45)44(27)31/h9-16,20-22,27,30-31,33H,4-8,17-19H2,1-3H3,(H,38,40)(H,39,41)(H,42,47). The highest BCUT2D eigenvalue weighted by atomic mass is 16.5. The molecule has 7 rings (SSSR count). The Bertz CT molecular complexity index is 1780. The van der Waals surface area contributed by atoms with Crippen LogP contribution in [0.2, 0.25) is 0 Å². The van der Waals surface area contributed by atoms with Gasteiger partial charge in [-0.1, -0.05) is 62.4 Å². The number of piperidine rings is 1. The molecule has 2 aromatic carbocycles. The van der Waals surface area contributed by atoms with E-state index in [2.05, 4.69) is 73.7 Å². The summed E-state index contributed by atoms with van der Waals surface area (Å²) in [6, 6.07) is 16.3. The molecule has 0 radical (unpaired) electrons. The number of aromatic nitrogens is 4. The third-order valence-electron chi connectivity index (χ3n) is 10.2. The van der Waals surface area contributed by atoms with Crippen molar-refractivity contribution in [2.75, 3.05) is 13.7 Å². The Morgan fingerprint density at radius 1 is 0.812 bits per heavy atom. The SMILES string of the molecule is COC(=O)NC(C(=O)N1CCCC1c1ncc(-c2ccc(-c3ccc(-c4cnc(C5CCC6CCCC(=O)N65)[nH]4)cc3)cc2)[nH]1)C(C)C. The van der Waals surface area contributed by atoms with Gasteiger partial charge in [0, 0.05) is 19.0 Å². The van der Waals surface area contributed by atoms with Gasteiger partial charge in [0.2, 0.25) is 11.8 Å². The maximum absolute atomic E-state index is 13.5. The van der Waals surface area contributed by atoms with Crippen LogP contribution in [0.4, 0.5) is 4.79 Å². The number of methoxy groups -OCH3 is 1. The Morgan fingerprint density at radius 3 is 1.98 bits per heavy atom. The number of fused-ring (bicyclic) bond motifs is 1. The highest BCUT2D eigenvalue weighted by Gasteiger charge is 2.41. The molecular formula is C37H43N7O4. The minimum atomic E-state index is -0.669. The van der Waals surface area contributed by atoms with E-state index in [0.717, 1.165) is 83.8 Å². The van der Waals surface area contributed by atoms with E-state index in [4.69, 9.17) is 9.72 Å². The molecule has 11 nitrogen and oxygen atoms in total. The maximum Gasteiger partial charge on any atom is 0.407 e. The van der Waals surface area contributed by atoms with E-state index in [1.54, 1.807) is 0 Å². The molecule has 3 aliphatic rings. The Kier molecular flexibility index (Phi) is 8.77. The highest BCUT2D eigenvalue weighted by molar-refractivity contribution is 5.86. The first-order chi connectivity index (χ1) is 23.3. The lowest BCUT2D eigenvalue weighted by atomic mass is 10.0. The van der Waals surface area contributed by atoms with E-state index in [0.29, 0.717) is 19.0 Å². The fourth-order valence-electron chi connectivity index (χ4n) is 7.61. The average Bonchev–Trinajstić information content (AvgIpc) is 3.93. The molecule has 4 aromatic rings. The molecule has 4 atom stereocenters. The number of aromatic amines is 2. The number of carbonyl (C=O) groups excluding carboxylic acids is 3. The van der Waals surface area contributed by atoms with E-state index in [9.17, 15) is 14.4 Å². The zero-order valence-corrected chi connectivity index (χ0v) is 27.7. The second-order valence-electron chi connectivity index (χ2n) is 13.5. The number of carbonyl (C=O) groups is 3. The lowest BCUT2D eigenvalue weighted by Gasteiger charge is -2.33. The van der Waals surface area contributed by atoms with Crippen molar-refractivity contribution in [2.45, 2.75) is 83.0 Å². The van der Waals surface area contributed by atoms with Gasteiger partial charge in [0.1, 0.15) is 17.7 Å². The number of rotatable bonds is 8. The first-order valence-electron chi connectivity index (χ1n) is 17.1. The number of hydrogen-bond donors (Lipinski definition) is 3. The van der Waals surface area contributed by atoms with Crippen molar-refractivity contribution in [2.24, 2.45) is 5.92 Å². The molecule has 0 spiro atoms. The van der Waals surface area contributed by atoms with E-state index in [-0.39, 0.29) is 29.8 Å². The van der Waals surface area contributed by atoms with Crippen LogP contribution in [0, 0.1) is 5.92 Å². The van der Waals surface area contributed by atoms with Crippen molar-refractivity contribution < 1.29 is 19.1 Å². The van der Waals surface area contributed by atoms with Gasteiger partial charge in [-0.05, 0) is 66.7 Å². The smallest absolute Gasteiger partial charge is 0.407 e. The summed E-state index contributed by atoms with van der Waals surface area (Å²) in [7, 11) is 1.30. The normalized spacial score (nSPS) is 21.4. The maximum atomic E-state index is 13.5. The van der Waals surface area contributed by atoms with Gasteiger partial charge in [0.25, 0.3) is 0 Å². The number of hydrogen-bond acceptors (Lipinski definition) is 6. The van der Waals surface area contributed by atoms with Crippen LogP contribution in [-0.4, -0.2) is 73.4 Å². The van der Waals surface area contributed by atoms with Crippen LogP contribution in [0.15, 0.2) is 60.9 Å². The molecule has 3 aliphatic heterocycles. The molecule has 0 aliphatic carbocycles. The predicted molar refractivity (Wildman–Crippen MR) is 181 cm³/mol. The predicted octanol–water partition coefficient (Wildman–Crippen LogP) is 6.39. The second-order valence-corrected chi connectivity index (χ2v) is 13.5. The molecule has 2 aromatic heterocycles. The number of likely N-dealkylation sites (tertiary alicyclic amines) is 1. The minimum Gasteiger partial charge on any atom is -0.453 e. The van der Waals surface area contributed by atoms with Crippen molar-refractivity contribution in [3.05, 3.63) is 72.6 Å². The number of alkyl carbamates (subject to hydrolysis) is 1. The number of ether oxygens (including phenoxy) is 1. The van der Waals surface area contributed by atoms with Gasteiger partial charge in [-0.15, -0.1) is 0 Å². The molecule has 3 amide bonds. The molecule has 48 heavy (non-hydrogen) atoms. The summed E-state index contributed by atoms with van der Waals surface area (Å²) in [6.07, 6.45) is 9.51. The lowest BCUT2D eigenvalue weighted by molar-refractivity contribution is -0.137. The fraction of sp³-hybridized carbons (Fsp3) is 0.432. The summed E-state index contributed by atoms with van der Waals surface area (Å²) in [5.41, 5.74) is 6.10. The van der Waals surface area contributed by atoms with Gasteiger partial charge in [-0.25, -0.2) is 14.8 Å². The quantitative estimate of drug-likeness (QED) is 0.202. The fourth-order valence-corrected chi connectivity index (χ4v) is 7.61. The van der Waals surface area contributed by atoms with Gasteiger partial charge < -0.3 is 29.8 Å². The van der Waals surface area contributed by atoms with Gasteiger partial charge in [0.15, 0.2) is 0 Å². The van der Waals surface area contributed by atoms with Crippen molar-refractivity contribution in [1.82, 2.24) is 35.1 Å². The molecule has 0 bridgehead atoms. The molecule has 5 heterocycles. The Hall–Kier alpha value is -4.93. The Labute approximate surface area is 280 Å². The zero-order valence-electron chi connectivity index (χ0n) is 27.7. The average molecular weight is 650 g/mol. The van der Waals surface area contributed by atoms with E-state index < -0.39 is 12.1 Å². The summed E-state index contributed by atoms with van der Waals surface area (Å²) < 4.78 is 4.75. The number of nitrogens with zero attached hydrogens (tertiary/aromatic N) is 4. The second kappa shape index (κ2) is 13.3. The van der Waals surface area contributed by atoms with E-state index in [1.807, 2.05) is 31.1 Å². The Balaban J connectivity index is 1.01. The molecule has 4 unspecified atom stereocenters. The van der Waals surface area contributed by atoms with Crippen molar-refractivity contribution in [1.29, 1.82) is 0 Å². The lowest BCUT2D eigenvalue weighted by Crippen LogP contribution is -2.51. The summed E-state index contributed by atoms with van der Waals surface area (Å²) in [4.78, 5) is 58.2. The third-order valence-corrected chi connectivity index (χ3v) is 10.2.